The molecule has 1 aliphatic carbocycles. The summed E-state index contributed by atoms with van der Waals surface area (Å²) in [7, 11) is 0. The minimum atomic E-state index is -0.00907. The second-order valence-corrected chi connectivity index (χ2v) is 7.14. The van der Waals surface area contributed by atoms with Crippen LogP contribution in [0.5, 0.6) is 0 Å². The van der Waals surface area contributed by atoms with Crippen molar-refractivity contribution in [3.63, 3.8) is 0 Å². The number of nitrogens with one attached hydrogen (secondary N) is 1. The highest BCUT2D eigenvalue weighted by molar-refractivity contribution is 7.10. The Hall–Kier alpha value is -0.870. The van der Waals surface area contributed by atoms with Gasteiger partial charge in [0.25, 0.3) is 0 Å². The summed E-state index contributed by atoms with van der Waals surface area (Å²) in [5, 5.41) is 5.69. The lowest BCUT2D eigenvalue weighted by Gasteiger charge is -2.23. The third-order valence-electron chi connectivity index (χ3n) is 4.93. The summed E-state index contributed by atoms with van der Waals surface area (Å²) in [6.07, 6.45) is 3.50. The van der Waals surface area contributed by atoms with Gasteiger partial charge in [-0.1, -0.05) is 39.7 Å². The Kier molecular flexibility index (Phi) is 3.87. The molecular weight excluding hydrogens is 268 g/mol. The molecular formula is C16H24N2OS. The standard InChI is InChI=1S/C16H24N2OS/c1-4-10(3)14-16(19)18(12-9-11(12)5-2)15(17-14)13-7-6-8-20-13/h6-8,10-12,14-15,17H,4-5,9H2,1-3H3. The average molecular weight is 292 g/mol. The van der Waals surface area contributed by atoms with Crippen LogP contribution in [0.25, 0.3) is 0 Å². The molecule has 0 spiro atoms. The predicted octanol–water partition coefficient (Wildman–Crippen LogP) is 3.39. The molecule has 1 aromatic heterocycles. The lowest BCUT2D eigenvalue weighted by atomic mass is 9.99. The van der Waals surface area contributed by atoms with E-state index in [-0.39, 0.29) is 12.2 Å². The Morgan fingerprint density at radius 1 is 1.50 bits per heavy atom. The van der Waals surface area contributed by atoms with Gasteiger partial charge in [0, 0.05) is 10.9 Å². The topological polar surface area (TPSA) is 32.3 Å². The SMILES string of the molecule is CCC(C)C1NC(c2cccs2)N(C2CC2CC)C1=O. The summed E-state index contributed by atoms with van der Waals surface area (Å²) in [4.78, 5) is 16.2. The van der Waals surface area contributed by atoms with Crippen LogP contribution in [0.4, 0.5) is 0 Å². The maximum Gasteiger partial charge on any atom is 0.241 e. The van der Waals surface area contributed by atoms with E-state index in [9.17, 15) is 4.79 Å². The molecule has 0 radical (unpaired) electrons. The average Bonchev–Trinajstić information content (AvgIpc) is 2.87. The number of rotatable bonds is 5. The van der Waals surface area contributed by atoms with Crippen LogP contribution in [0.1, 0.15) is 51.1 Å². The molecule has 0 aromatic carbocycles. The van der Waals surface area contributed by atoms with Crippen molar-refractivity contribution in [3.05, 3.63) is 22.4 Å². The first-order valence-corrected chi connectivity index (χ1v) is 8.66. The molecule has 110 valence electrons. The Morgan fingerprint density at radius 3 is 2.85 bits per heavy atom. The number of hydrogen-bond acceptors (Lipinski definition) is 3. The summed E-state index contributed by atoms with van der Waals surface area (Å²) in [6.45, 7) is 6.56. The third kappa shape index (κ3) is 2.29. The number of thiophene rings is 1. The molecule has 1 N–H and O–H groups in total. The Balaban J connectivity index is 1.85. The van der Waals surface area contributed by atoms with Gasteiger partial charge >= 0.3 is 0 Å². The molecule has 2 heterocycles. The molecule has 20 heavy (non-hydrogen) atoms. The fraction of sp³-hybridized carbons (Fsp3) is 0.688. The van der Waals surface area contributed by atoms with Crippen molar-refractivity contribution in [1.82, 2.24) is 10.2 Å². The van der Waals surface area contributed by atoms with E-state index in [1.54, 1.807) is 11.3 Å². The van der Waals surface area contributed by atoms with Crippen molar-refractivity contribution in [1.29, 1.82) is 0 Å². The molecule has 1 saturated heterocycles. The zero-order valence-electron chi connectivity index (χ0n) is 12.5. The molecule has 2 fully saturated rings. The monoisotopic (exact) mass is 292 g/mol. The van der Waals surface area contributed by atoms with Crippen LogP contribution >= 0.6 is 11.3 Å². The number of hydrogen-bond donors (Lipinski definition) is 1. The summed E-state index contributed by atoms with van der Waals surface area (Å²) in [5.74, 6) is 1.42. The van der Waals surface area contributed by atoms with Crippen LogP contribution in [0.15, 0.2) is 17.5 Å². The van der Waals surface area contributed by atoms with Gasteiger partial charge in [-0.25, -0.2) is 0 Å². The van der Waals surface area contributed by atoms with Gasteiger partial charge in [0.2, 0.25) is 5.91 Å². The van der Waals surface area contributed by atoms with Crippen LogP contribution in [0, 0.1) is 11.8 Å². The Morgan fingerprint density at radius 2 is 2.30 bits per heavy atom. The molecule has 5 atom stereocenters. The normalized spacial score (nSPS) is 34.5. The van der Waals surface area contributed by atoms with Gasteiger partial charge in [-0.15, -0.1) is 11.3 Å². The largest absolute Gasteiger partial charge is 0.317 e. The molecule has 1 aliphatic heterocycles. The second-order valence-electron chi connectivity index (χ2n) is 6.16. The fourth-order valence-electron chi connectivity index (χ4n) is 3.28. The Labute approximate surface area is 125 Å². The highest BCUT2D eigenvalue weighted by atomic mass is 32.1. The predicted molar refractivity (Wildman–Crippen MR) is 82.5 cm³/mol. The zero-order valence-corrected chi connectivity index (χ0v) is 13.3. The van der Waals surface area contributed by atoms with Crippen LogP contribution in [0.2, 0.25) is 0 Å². The van der Waals surface area contributed by atoms with E-state index >= 15 is 0 Å². The van der Waals surface area contributed by atoms with E-state index in [0.717, 1.165) is 6.42 Å². The maximum atomic E-state index is 12.8. The number of amides is 1. The second kappa shape index (κ2) is 5.49. The van der Waals surface area contributed by atoms with Crippen LogP contribution in [0.3, 0.4) is 0 Å². The highest BCUT2D eigenvalue weighted by Gasteiger charge is 2.52. The van der Waals surface area contributed by atoms with Gasteiger partial charge in [-0.05, 0) is 29.7 Å². The van der Waals surface area contributed by atoms with Crippen molar-refractivity contribution in [2.45, 2.75) is 58.3 Å². The van der Waals surface area contributed by atoms with Crippen LogP contribution in [-0.2, 0) is 4.79 Å². The van der Waals surface area contributed by atoms with Crippen molar-refractivity contribution < 1.29 is 4.79 Å². The third-order valence-corrected chi connectivity index (χ3v) is 5.85. The number of nitrogens with zero attached hydrogens (tertiary/aromatic N) is 1. The molecule has 2 aliphatic rings. The van der Waals surface area contributed by atoms with E-state index < -0.39 is 0 Å². The zero-order chi connectivity index (χ0) is 14.3. The van der Waals surface area contributed by atoms with Crippen molar-refractivity contribution >= 4 is 17.2 Å². The summed E-state index contributed by atoms with van der Waals surface area (Å²) in [5.41, 5.74) is 0. The van der Waals surface area contributed by atoms with Crippen LogP contribution < -0.4 is 5.32 Å². The van der Waals surface area contributed by atoms with Gasteiger partial charge in [-0.3, -0.25) is 10.1 Å². The molecule has 1 saturated carbocycles. The molecule has 0 bridgehead atoms. The quantitative estimate of drug-likeness (QED) is 0.902. The smallest absolute Gasteiger partial charge is 0.241 e. The lowest BCUT2D eigenvalue weighted by molar-refractivity contribution is -0.131. The summed E-state index contributed by atoms with van der Waals surface area (Å²) < 4.78 is 0. The van der Waals surface area contributed by atoms with Gasteiger partial charge in [0.05, 0.1) is 6.04 Å². The molecule has 3 rings (SSSR count). The maximum absolute atomic E-state index is 12.8. The van der Waals surface area contributed by atoms with E-state index in [0.29, 0.717) is 23.8 Å². The van der Waals surface area contributed by atoms with Gasteiger partial charge in [0.15, 0.2) is 0 Å². The number of carbonyl (C=O) groups excluding carboxylic acids is 1. The van der Waals surface area contributed by atoms with E-state index in [4.69, 9.17) is 0 Å². The van der Waals surface area contributed by atoms with Gasteiger partial charge in [-0.2, -0.15) is 0 Å². The lowest BCUT2D eigenvalue weighted by Crippen LogP contribution is -2.36. The molecule has 5 unspecified atom stereocenters. The Bertz CT molecular complexity index is 473. The first-order valence-electron chi connectivity index (χ1n) is 7.79. The van der Waals surface area contributed by atoms with E-state index in [1.165, 1.54) is 17.7 Å². The minimum absolute atomic E-state index is 0.00907. The van der Waals surface area contributed by atoms with Crippen LogP contribution in [-0.4, -0.2) is 22.9 Å². The summed E-state index contributed by atoms with van der Waals surface area (Å²) >= 11 is 1.74. The highest BCUT2D eigenvalue weighted by Crippen LogP contribution is 2.45. The molecule has 1 amide bonds. The van der Waals surface area contributed by atoms with Gasteiger partial charge in [0.1, 0.15) is 6.17 Å². The van der Waals surface area contributed by atoms with E-state index in [1.807, 2.05) is 0 Å². The van der Waals surface area contributed by atoms with Crippen molar-refractivity contribution in [3.8, 4) is 0 Å². The van der Waals surface area contributed by atoms with Crippen molar-refractivity contribution in [2.24, 2.45) is 11.8 Å². The minimum Gasteiger partial charge on any atom is -0.317 e. The molecule has 1 aromatic rings. The summed E-state index contributed by atoms with van der Waals surface area (Å²) in [6, 6.07) is 4.67. The first-order chi connectivity index (χ1) is 9.67. The molecule has 4 heteroatoms. The first kappa shape index (κ1) is 14.1. The fourth-order valence-corrected chi connectivity index (χ4v) is 4.07. The van der Waals surface area contributed by atoms with E-state index in [2.05, 4.69) is 48.5 Å². The molecule has 3 nitrogen and oxygen atoms in total. The number of carbonyl (C=O) groups is 1. The van der Waals surface area contributed by atoms with Crippen molar-refractivity contribution in [2.75, 3.05) is 0 Å². The van der Waals surface area contributed by atoms with Gasteiger partial charge < -0.3 is 4.90 Å².